The molecule has 0 aliphatic heterocycles. The van der Waals surface area contributed by atoms with Crippen LogP contribution in [0.4, 0.5) is 13.2 Å². The van der Waals surface area contributed by atoms with E-state index in [-0.39, 0.29) is 34.5 Å². The summed E-state index contributed by atoms with van der Waals surface area (Å²) in [5.41, 5.74) is -3.84. The molecular weight excluding hydrogens is 337 g/mol. The first kappa shape index (κ1) is 17.0. The Bertz CT molecular complexity index is 853. The number of nitrogens with zero attached hydrogens (tertiary/aromatic N) is 1. The van der Waals surface area contributed by atoms with Crippen molar-refractivity contribution >= 4 is 17.4 Å². The number of carbonyl (C=O) groups is 1. The largest absolute Gasteiger partial charge is 0.431 e. The summed E-state index contributed by atoms with van der Waals surface area (Å²) in [5.74, 6) is -0.326. The number of nitrogens with one attached hydrogen (secondary N) is 1. The Morgan fingerprint density at radius 1 is 1.26 bits per heavy atom. The smallest absolute Gasteiger partial charge is 0.303 e. The van der Waals surface area contributed by atoms with Gasteiger partial charge in [-0.3, -0.25) is 9.59 Å². The molecular formula is C14H10ClF3N2O3. The van der Waals surface area contributed by atoms with Crippen molar-refractivity contribution in [3.05, 3.63) is 61.4 Å². The average molecular weight is 347 g/mol. The minimum absolute atomic E-state index is 0.0498. The number of carbonyl (C=O) groups excluding carboxylic acids is 1. The molecule has 2 rings (SSSR count). The second kappa shape index (κ2) is 6.04. The first-order chi connectivity index (χ1) is 10.6. The van der Waals surface area contributed by atoms with Gasteiger partial charge in [-0.15, -0.1) is 0 Å². The molecule has 0 radical (unpaired) electrons. The quantitative estimate of drug-likeness (QED) is 0.869. The van der Waals surface area contributed by atoms with Crippen LogP contribution in [0.1, 0.15) is 29.4 Å². The number of benzene rings is 1. The summed E-state index contributed by atoms with van der Waals surface area (Å²) in [7, 11) is 0. The third-order valence-electron chi connectivity index (χ3n) is 3.07. The highest BCUT2D eigenvalue weighted by atomic mass is 35.5. The molecule has 0 aliphatic carbocycles. The van der Waals surface area contributed by atoms with E-state index >= 15 is 0 Å². The molecule has 1 aromatic carbocycles. The Balaban J connectivity index is 2.67. The van der Waals surface area contributed by atoms with Crippen molar-refractivity contribution in [1.29, 1.82) is 0 Å². The van der Waals surface area contributed by atoms with E-state index in [4.69, 9.17) is 11.6 Å². The second-order valence-electron chi connectivity index (χ2n) is 4.60. The van der Waals surface area contributed by atoms with Crippen LogP contribution in [0.2, 0.25) is 5.02 Å². The number of halogens is 4. The number of hydrogen-bond donors (Lipinski definition) is 1. The van der Waals surface area contributed by atoms with Gasteiger partial charge in [-0.25, -0.2) is 9.36 Å². The fourth-order valence-electron chi connectivity index (χ4n) is 1.95. The molecule has 0 bridgehead atoms. The van der Waals surface area contributed by atoms with E-state index in [1.54, 1.807) is 11.9 Å². The SMILES string of the molecule is CCC(=O)c1cc(-n2c(=O)cc(C(F)(F)F)[nH]c2=O)ccc1Cl. The zero-order valence-corrected chi connectivity index (χ0v) is 12.5. The van der Waals surface area contributed by atoms with Gasteiger partial charge in [0.1, 0.15) is 5.69 Å². The fourth-order valence-corrected chi connectivity index (χ4v) is 2.17. The summed E-state index contributed by atoms with van der Waals surface area (Å²) in [4.78, 5) is 37.1. The summed E-state index contributed by atoms with van der Waals surface area (Å²) < 4.78 is 38.2. The number of aromatic nitrogens is 2. The summed E-state index contributed by atoms with van der Waals surface area (Å²) in [5, 5.41) is 0.122. The Kier molecular flexibility index (Phi) is 4.46. The van der Waals surface area contributed by atoms with Crippen molar-refractivity contribution in [2.45, 2.75) is 19.5 Å². The van der Waals surface area contributed by atoms with Crippen LogP contribution in [0, 0.1) is 0 Å². The lowest BCUT2D eigenvalue weighted by atomic mass is 10.1. The topological polar surface area (TPSA) is 71.9 Å². The van der Waals surface area contributed by atoms with Gasteiger partial charge in [0, 0.05) is 18.1 Å². The molecule has 0 spiro atoms. The van der Waals surface area contributed by atoms with E-state index in [1.807, 2.05) is 0 Å². The van der Waals surface area contributed by atoms with E-state index < -0.39 is 23.1 Å². The summed E-state index contributed by atoms with van der Waals surface area (Å²) >= 11 is 5.88. The van der Waals surface area contributed by atoms with Crippen LogP contribution in [-0.4, -0.2) is 15.3 Å². The van der Waals surface area contributed by atoms with Gasteiger partial charge in [-0.1, -0.05) is 18.5 Å². The number of H-pyrrole nitrogens is 1. The molecule has 122 valence electrons. The Hall–Kier alpha value is -2.35. The molecule has 0 atom stereocenters. The lowest BCUT2D eigenvalue weighted by Gasteiger charge is -2.10. The molecule has 0 unspecified atom stereocenters. The van der Waals surface area contributed by atoms with E-state index in [0.29, 0.717) is 4.57 Å². The maximum atomic E-state index is 12.6. The lowest BCUT2D eigenvalue weighted by molar-refractivity contribution is -0.141. The standard InChI is InChI=1S/C14H10ClF3N2O3/c1-2-10(21)8-5-7(3-4-9(8)15)20-12(22)6-11(14(16,17)18)19-13(20)23/h3-6H,2H2,1H3,(H,19,23). The molecule has 0 amide bonds. The highest BCUT2D eigenvalue weighted by molar-refractivity contribution is 6.34. The van der Waals surface area contributed by atoms with Crippen LogP contribution in [-0.2, 0) is 6.18 Å². The monoisotopic (exact) mass is 346 g/mol. The van der Waals surface area contributed by atoms with Crippen molar-refractivity contribution < 1.29 is 18.0 Å². The van der Waals surface area contributed by atoms with Gasteiger partial charge in [0.25, 0.3) is 5.56 Å². The molecule has 1 N–H and O–H groups in total. The average Bonchev–Trinajstić information content (AvgIpc) is 2.46. The van der Waals surface area contributed by atoms with Gasteiger partial charge < -0.3 is 4.98 Å². The number of rotatable bonds is 3. The molecule has 0 saturated heterocycles. The Labute approximate surface area is 132 Å². The molecule has 0 saturated carbocycles. The maximum absolute atomic E-state index is 12.6. The normalized spacial score (nSPS) is 11.5. The molecule has 9 heteroatoms. The van der Waals surface area contributed by atoms with Crippen LogP contribution in [0.15, 0.2) is 33.9 Å². The zero-order valence-electron chi connectivity index (χ0n) is 11.7. The third-order valence-corrected chi connectivity index (χ3v) is 3.40. The Morgan fingerprint density at radius 3 is 2.43 bits per heavy atom. The molecule has 5 nitrogen and oxygen atoms in total. The lowest BCUT2D eigenvalue weighted by Crippen LogP contribution is -2.35. The number of ketones is 1. The van der Waals surface area contributed by atoms with E-state index in [9.17, 15) is 27.6 Å². The maximum Gasteiger partial charge on any atom is 0.431 e. The van der Waals surface area contributed by atoms with Gasteiger partial charge >= 0.3 is 11.9 Å². The minimum atomic E-state index is -4.85. The summed E-state index contributed by atoms with van der Waals surface area (Å²) in [6.45, 7) is 1.60. The van der Waals surface area contributed by atoms with Crippen molar-refractivity contribution in [2.75, 3.05) is 0 Å². The number of aromatic amines is 1. The van der Waals surface area contributed by atoms with Crippen molar-refractivity contribution in [1.82, 2.24) is 9.55 Å². The van der Waals surface area contributed by atoms with Gasteiger partial charge in [0.05, 0.1) is 10.7 Å². The summed E-state index contributed by atoms with van der Waals surface area (Å²) in [6, 6.07) is 4.03. The van der Waals surface area contributed by atoms with Crippen LogP contribution in [0.5, 0.6) is 0 Å². The van der Waals surface area contributed by atoms with Crippen LogP contribution >= 0.6 is 11.6 Å². The summed E-state index contributed by atoms with van der Waals surface area (Å²) in [6.07, 6.45) is -4.71. The molecule has 2 aromatic rings. The van der Waals surface area contributed by atoms with Gasteiger partial charge in [0.15, 0.2) is 5.78 Å². The highest BCUT2D eigenvalue weighted by Crippen LogP contribution is 2.26. The van der Waals surface area contributed by atoms with Gasteiger partial charge in [-0.05, 0) is 18.2 Å². The molecule has 1 aromatic heterocycles. The minimum Gasteiger partial charge on any atom is -0.303 e. The first-order valence-electron chi connectivity index (χ1n) is 6.42. The number of alkyl halides is 3. The molecule has 0 fully saturated rings. The van der Waals surface area contributed by atoms with Gasteiger partial charge in [0.2, 0.25) is 0 Å². The van der Waals surface area contributed by atoms with Crippen LogP contribution in [0.25, 0.3) is 5.69 Å². The van der Waals surface area contributed by atoms with Crippen LogP contribution < -0.4 is 11.2 Å². The van der Waals surface area contributed by atoms with Crippen molar-refractivity contribution in [2.24, 2.45) is 0 Å². The van der Waals surface area contributed by atoms with E-state index in [1.165, 1.54) is 18.2 Å². The van der Waals surface area contributed by atoms with Gasteiger partial charge in [-0.2, -0.15) is 13.2 Å². The number of Topliss-reactive ketones (excluding diaryl/α,β-unsaturated/α-hetero) is 1. The van der Waals surface area contributed by atoms with Crippen molar-refractivity contribution in [3.8, 4) is 5.69 Å². The fraction of sp³-hybridized carbons (Fsp3) is 0.214. The van der Waals surface area contributed by atoms with E-state index in [0.717, 1.165) is 0 Å². The van der Waals surface area contributed by atoms with Crippen molar-refractivity contribution in [3.63, 3.8) is 0 Å². The van der Waals surface area contributed by atoms with Crippen LogP contribution in [0.3, 0.4) is 0 Å². The first-order valence-corrected chi connectivity index (χ1v) is 6.79. The predicted molar refractivity (Wildman–Crippen MR) is 77.3 cm³/mol. The highest BCUT2D eigenvalue weighted by Gasteiger charge is 2.33. The third kappa shape index (κ3) is 3.37. The Morgan fingerprint density at radius 2 is 1.91 bits per heavy atom. The van der Waals surface area contributed by atoms with E-state index in [2.05, 4.69) is 0 Å². The predicted octanol–water partition coefficient (Wildman–Crippen LogP) is 2.79. The molecule has 1 heterocycles. The number of hydrogen-bond acceptors (Lipinski definition) is 3. The second-order valence-corrected chi connectivity index (χ2v) is 5.01. The zero-order chi connectivity index (χ0) is 17.4. The molecule has 0 aliphatic rings. The molecule has 23 heavy (non-hydrogen) atoms.